The smallest absolute Gasteiger partial charge is 0.367 e. The highest BCUT2D eigenvalue weighted by Gasteiger charge is 2.38. The van der Waals surface area contributed by atoms with Crippen molar-refractivity contribution in [2.45, 2.75) is 56.9 Å². The molecule has 2 aromatic carbocycles. The van der Waals surface area contributed by atoms with Crippen molar-refractivity contribution in [2.75, 3.05) is 5.32 Å². The normalized spacial score (nSPS) is 16.2. The Morgan fingerprint density at radius 3 is 2.53 bits per heavy atom. The number of benzene rings is 2. The van der Waals surface area contributed by atoms with Gasteiger partial charge in [0.25, 0.3) is 0 Å². The summed E-state index contributed by atoms with van der Waals surface area (Å²) in [5, 5.41) is 4.37. The number of fused-ring (bicyclic) bond motifs is 1. The Labute approximate surface area is 183 Å². The molecule has 0 radical (unpaired) electrons. The van der Waals surface area contributed by atoms with Gasteiger partial charge in [-0.15, -0.1) is 0 Å². The zero-order valence-corrected chi connectivity index (χ0v) is 17.4. The Kier molecular flexibility index (Phi) is 5.23. The van der Waals surface area contributed by atoms with Crippen LogP contribution in [-0.4, -0.2) is 39.0 Å². The van der Waals surface area contributed by atoms with E-state index in [-0.39, 0.29) is 12.6 Å². The van der Waals surface area contributed by atoms with E-state index in [9.17, 15) is 18.0 Å². The third-order valence-electron chi connectivity index (χ3n) is 5.83. The van der Waals surface area contributed by atoms with Gasteiger partial charge in [0.15, 0.2) is 0 Å². The first-order valence-corrected chi connectivity index (χ1v) is 10.8. The lowest BCUT2D eigenvalue weighted by molar-refractivity contribution is -0.162. The van der Waals surface area contributed by atoms with Crippen molar-refractivity contribution in [3.8, 4) is 11.1 Å². The largest absolute Gasteiger partial charge is 0.397 e. The molecule has 0 bridgehead atoms. The van der Waals surface area contributed by atoms with Crippen molar-refractivity contribution in [1.29, 1.82) is 0 Å². The highest BCUT2D eigenvalue weighted by molar-refractivity contribution is 5.92. The van der Waals surface area contributed by atoms with Gasteiger partial charge in [0.1, 0.15) is 18.6 Å². The topological polar surface area (TPSA) is 58.1 Å². The summed E-state index contributed by atoms with van der Waals surface area (Å²) >= 11 is 0. The molecule has 32 heavy (non-hydrogen) atoms. The molecule has 1 N–H and O–H groups in total. The second kappa shape index (κ2) is 8.07. The number of halogens is 3. The van der Waals surface area contributed by atoms with Crippen molar-refractivity contribution in [3.05, 3.63) is 54.4 Å². The number of hydrogen-bond donors (Lipinski definition) is 1. The van der Waals surface area contributed by atoms with E-state index in [4.69, 9.17) is 0 Å². The summed E-state index contributed by atoms with van der Waals surface area (Å²) in [5.41, 5.74) is 3.56. The zero-order chi connectivity index (χ0) is 22.3. The number of alkyl halides is 3. The van der Waals surface area contributed by atoms with Gasteiger partial charge in [0.2, 0.25) is 5.91 Å². The molecule has 3 aromatic rings. The average molecular weight is 440 g/mol. The van der Waals surface area contributed by atoms with Crippen LogP contribution in [-0.2, 0) is 11.3 Å². The lowest BCUT2D eigenvalue weighted by Crippen LogP contribution is -2.35. The van der Waals surface area contributed by atoms with Gasteiger partial charge >= 0.3 is 6.18 Å². The van der Waals surface area contributed by atoms with Gasteiger partial charge in [0.05, 0.1) is 5.52 Å². The van der Waals surface area contributed by atoms with Crippen molar-refractivity contribution in [2.24, 2.45) is 0 Å². The first-order valence-electron chi connectivity index (χ1n) is 10.8. The molecule has 0 spiro atoms. The van der Waals surface area contributed by atoms with Gasteiger partial charge in [-0.25, -0.2) is 9.97 Å². The molecule has 2 saturated carbocycles. The first-order chi connectivity index (χ1) is 15.4. The molecule has 2 fully saturated rings. The monoisotopic (exact) mass is 440 g/mol. The van der Waals surface area contributed by atoms with Crippen molar-refractivity contribution in [1.82, 2.24) is 14.9 Å². The average Bonchev–Trinajstić information content (AvgIpc) is 3.66. The summed E-state index contributed by atoms with van der Waals surface area (Å²) in [4.78, 5) is 22.4. The van der Waals surface area contributed by atoms with Crippen LogP contribution in [0, 0.1) is 0 Å². The number of aromatic nitrogens is 2. The second-order valence-electron chi connectivity index (χ2n) is 8.62. The lowest BCUT2D eigenvalue weighted by Gasteiger charge is -2.23. The van der Waals surface area contributed by atoms with Gasteiger partial charge in [-0.2, -0.15) is 13.2 Å². The van der Waals surface area contributed by atoms with E-state index in [1.807, 2.05) is 42.5 Å². The summed E-state index contributed by atoms with van der Waals surface area (Å²) in [5.74, 6) is -0.0443. The van der Waals surface area contributed by atoms with E-state index in [0.717, 1.165) is 59.1 Å². The summed E-state index contributed by atoms with van der Waals surface area (Å²) < 4.78 is 38.3. The quantitative estimate of drug-likeness (QED) is 0.541. The van der Waals surface area contributed by atoms with Gasteiger partial charge < -0.3 is 10.2 Å². The molecule has 5 rings (SSSR count). The van der Waals surface area contributed by atoms with Crippen LogP contribution in [0.4, 0.5) is 19.0 Å². The van der Waals surface area contributed by atoms with Crippen LogP contribution < -0.4 is 5.32 Å². The fourth-order valence-electron chi connectivity index (χ4n) is 3.90. The number of nitrogens with one attached hydrogen (secondary N) is 1. The van der Waals surface area contributed by atoms with Crippen molar-refractivity contribution >= 4 is 22.6 Å². The summed E-state index contributed by atoms with van der Waals surface area (Å²) in [6, 6.07) is 13.9. The molecule has 8 heteroatoms. The summed E-state index contributed by atoms with van der Waals surface area (Å²) in [7, 11) is 0. The number of carbonyl (C=O) groups excluding carboxylic acids is 1. The number of nitrogens with zero attached hydrogens (tertiary/aromatic N) is 3. The summed E-state index contributed by atoms with van der Waals surface area (Å²) in [6.45, 7) is 0.179. The minimum Gasteiger partial charge on any atom is -0.367 e. The highest BCUT2D eigenvalue weighted by Crippen LogP contribution is 2.33. The molecule has 5 nitrogen and oxygen atoms in total. The zero-order valence-electron chi connectivity index (χ0n) is 17.4. The van der Waals surface area contributed by atoms with E-state index in [2.05, 4.69) is 15.3 Å². The van der Waals surface area contributed by atoms with Crippen LogP contribution in [0.3, 0.4) is 0 Å². The third kappa shape index (κ3) is 4.84. The van der Waals surface area contributed by atoms with Crippen LogP contribution >= 0.6 is 0 Å². The molecule has 1 heterocycles. The molecule has 2 aliphatic rings. The minimum atomic E-state index is -4.49. The highest BCUT2D eigenvalue weighted by atomic mass is 19.4. The number of anilines is 1. The molecule has 0 unspecified atom stereocenters. The Morgan fingerprint density at radius 2 is 1.81 bits per heavy atom. The van der Waals surface area contributed by atoms with Crippen LogP contribution in [0.15, 0.2) is 48.8 Å². The van der Waals surface area contributed by atoms with E-state index in [1.54, 1.807) is 6.33 Å². The first kappa shape index (κ1) is 20.7. The van der Waals surface area contributed by atoms with Crippen molar-refractivity contribution < 1.29 is 18.0 Å². The maximum absolute atomic E-state index is 12.8. The van der Waals surface area contributed by atoms with Gasteiger partial charge in [-0.3, -0.25) is 4.79 Å². The maximum Gasteiger partial charge on any atom is 0.397 e. The standard InChI is InChI=1S/C24H23F3N4O/c25-24(26,27)12-22(32)31(19-7-8-19)13-15-2-1-3-16(10-15)17-4-9-21-20(11-17)23(29-14-28-21)30-18-5-6-18/h1-4,9-11,14,18-19H,5-8,12-13H2,(H,28,29,30). The number of carbonyl (C=O) groups is 1. The Hall–Kier alpha value is -3.16. The fraction of sp³-hybridized carbons (Fsp3) is 0.375. The van der Waals surface area contributed by atoms with E-state index in [0.29, 0.717) is 6.04 Å². The SMILES string of the molecule is O=C(CC(F)(F)F)N(Cc1cccc(-c2ccc3ncnc(NC4CC4)c3c2)c1)C1CC1. The molecule has 1 amide bonds. The van der Waals surface area contributed by atoms with E-state index < -0.39 is 18.5 Å². The summed E-state index contributed by atoms with van der Waals surface area (Å²) in [6.07, 6.45) is -0.571. The molecule has 0 atom stereocenters. The van der Waals surface area contributed by atoms with Crippen LogP contribution in [0.25, 0.3) is 22.0 Å². The Balaban J connectivity index is 1.41. The molecule has 0 aliphatic heterocycles. The predicted molar refractivity (Wildman–Crippen MR) is 116 cm³/mol. The van der Waals surface area contributed by atoms with Crippen LogP contribution in [0.5, 0.6) is 0 Å². The molecule has 2 aliphatic carbocycles. The number of hydrogen-bond acceptors (Lipinski definition) is 4. The van der Waals surface area contributed by atoms with E-state index >= 15 is 0 Å². The van der Waals surface area contributed by atoms with Crippen LogP contribution in [0.2, 0.25) is 0 Å². The number of amides is 1. The Morgan fingerprint density at radius 1 is 1.03 bits per heavy atom. The molecule has 1 aromatic heterocycles. The Bertz CT molecular complexity index is 1160. The number of rotatable bonds is 7. The van der Waals surface area contributed by atoms with Gasteiger partial charge in [0, 0.05) is 24.0 Å². The predicted octanol–water partition coefficient (Wildman–Crippen LogP) is 5.31. The molecular weight excluding hydrogens is 417 g/mol. The molecular formula is C24H23F3N4O. The maximum atomic E-state index is 12.8. The van der Waals surface area contributed by atoms with Gasteiger partial charge in [-0.1, -0.05) is 24.3 Å². The lowest BCUT2D eigenvalue weighted by atomic mass is 10.0. The molecule has 166 valence electrons. The molecule has 0 saturated heterocycles. The fourth-order valence-corrected chi connectivity index (χ4v) is 3.90. The van der Waals surface area contributed by atoms with Crippen LogP contribution in [0.1, 0.15) is 37.7 Å². The third-order valence-corrected chi connectivity index (χ3v) is 5.83. The van der Waals surface area contributed by atoms with Gasteiger partial charge in [-0.05, 0) is 60.6 Å². The minimum absolute atomic E-state index is 0.0950. The van der Waals surface area contributed by atoms with Crippen molar-refractivity contribution in [3.63, 3.8) is 0 Å². The van der Waals surface area contributed by atoms with E-state index in [1.165, 1.54) is 4.90 Å². The second-order valence-corrected chi connectivity index (χ2v) is 8.62.